The van der Waals surface area contributed by atoms with Crippen LogP contribution in [0.5, 0.6) is 0 Å². The van der Waals surface area contributed by atoms with Crippen LogP contribution >= 0.6 is 0 Å². The number of hydrogen-bond acceptors (Lipinski definition) is 6. The number of ether oxygens (including phenoxy) is 2. The van der Waals surface area contributed by atoms with Crippen molar-refractivity contribution in [1.82, 2.24) is 4.90 Å². The summed E-state index contributed by atoms with van der Waals surface area (Å²) in [5, 5.41) is 10.3. The molecule has 8 nitrogen and oxygen atoms in total. The lowest BCUT2D eigenvalue weighted by molar-refractivity contribution is -0.156. The number of carbonyl (C=O) groups excluding carboxylic acids is 2. The third-order valence-electron chi connectivity index (χ3n) is 6.51. The van der Waals surface area contributed by atoms with Gasteiger partial charge in [-0.05, 0) is 54.2 Å². The second-order valence-corrected chi connectivity index (χ2v) is 10.3. The number of nitrogens with zero attached hydrogens (tertiary/aromatic N) is 1. The number of nitrogens with two attached hydrogens (primary N) is 1. The highest BCUT2D eigenvalue weighted by Gasteiger charge is 2.42. The van der Waals surface area contributed by atoms with Gasteiger partial charge < -0.3 is 20.3 Å². The molecule has 0 radical (unpaired) electrons. The predicted octanol–water partition coefficient (Wildman–Crippen LogP) is 4.86. The van der Waals surface area contributed by atoms with Crippen molar-refractivity contribution in [2.45, 2.75) is 50.9 Å². The van der Waals surface area contributed by atoms with Crippen molar-refractivity contribution in [1.29, 1.82) is 0 Å². The van der Waals surface area contributed by atoms with Gasteiger partial charge in [0.15, 0.2) is 0 Å². The highest BCUT2D eigenvalue weighted by Crippen LogP contribution is 2.47. The van der Waals surface area contributed by atoms with Gasteiger partial charge in [-0.2, -0.15) is 0 Å². The molecule has 0 saturated heterocycles. The quantitative estimate of drug-likeness (QED) is 0.430. The first kappa shape index (κ1) is 26.9. The largest absolute Gasteiger partial charge is 0.480 e. The van der Waals surface area contributed by atoms with Gasteiger partial charge >= 0.3 is 18.0 Å². The van der Waals surface area contributed by atoms with Crippen LogP contribution in [0.15, 0.2) is 72.8 Å². The van der Waals surface area contributed by atoms with Crippen LogP contribution in [0.3, 0.4) is 0 Å². The Balaban J connectivity index is 1.66. The lowest BCUT2D eigenvalue weighted by Gasteiger charge is -2.34. The Morgan fingerprint density at radius 2 is 1.45 bits per heavy atom. The Bertz CT molecular complexity index is 1300. The Hall–Kier alpha value is -4.17. The summed E-state index contributed by atoms with van der Waals surface area (Å²) in [6, 6.07) is 19.2. The fraction of sp³-hybridized carbons (Fsp3) is 0.300. The van der Waals surface area contributed by atoms with Crippen LogP contribution in [0.2, 0.25) is 0 Å². The highest BCUT2D eigenvalue weighted by atomic mass is 16.6. The second-order valence-electron chi connectivity index (χ2n) is 10.3. The van der Waals surface area contributed by atoms with Crippen molar-refractivity contribution in [2.24, 2.45) is 5.73 Å². The average Bonchev–Trinajstić information content (AvgIpc) is 3.21. The maximum absolute atomic E-state index is 13.2. The van der Waals surface area contributed by atoms with E-state index in [1.165, 1.54) is 12.0 Å². The summed E-state index contributed by atoms with van der Waals surface area (Å²) in [6.45, 7) is 5.29. The number of fused-ring (bicyclic) bond motifs is 3. The topological polar surface area (TPSA) is 119 Å². The van der Waals surface area contributed by atoms with Gasteiger partial charge in [0.05, 0.1) is 13.2 Å². The van der Waals surface area contributed by atoms with Crippen molar-refractivity contribution >= 4 is 18.0 Å². The third-order valence-corrected chi connectivity index (χ3v) is 6.51. The van der Waals surface area contributed by atoms with E-state index >= 15 is 0 Å². The number of rotatable bonds is 7. The van der Waals surface area contributed by atoms with Crippen molar-refractivity contribution in [3.8, 4) is 11.1 Å². The zero-order valence-corrected chi connectivity index (χ0v) is 21.9. The first-order valence-corrected chi connectivity index (χ1v) is 12.4. The SMILES string of the molecule is COC(=O)N(C1c2ccccc2-c2ccccc21)[C@@H](Cc1ccc(C(N)C(=O)OC(C)(C)C)cc1)C(=O)O. The lowest BCUT2D eigenvalue weighted by atomic mass is 9.97. The second kappa shape index (κ2) is 10.7. The molecule has 1 amide bonds. The summed E-state index contributed by atoms with van der Waals surface area (Å²) in [7, 11) is 1.24. The standard InChI is InChI=1S/C30H32N2O6/c1-30(2,3)38-28(35)25(31)19-15-13-18(14-16-19)17-24(27(33)34)32(29(36)37-4)26-22-11-7-5-9-20(22)21-10-6-8-12-23(21)26/h5-16,24-26H,17,31H2,1-4H3,(H,33,34)/t24-,25?/m0/s1. The molecule has 0 aliphatic heterocycles. The minimum atomic E-state index is -1.22. The van der Waals surface area contributed by atoms with Crippen LogP contribution in [0.4, 0.5) is 4.79 Å². The van der Waals surface area contributed by atoms with E-state index in [4.69, 9.17) is 15.2 Å². The number of carboxylic acids is 1. The first-order valence-electron chi connectivity index (χ1n) is 12.4. The van der Waals surface area contributed by atoms with Crippen LogP contribution in [0.25, 0.3) is 11.1 Å². The van der Waals surface area contributed by atoms with Gasteiger partial charge in [0.25, 0.3) is 0 Å². The van der Waals surface area contributed by atoms with Gasteiger partial charge in [0.2, 0.25) is 0 Å². The van der Waals surface area contributed by atoms with E-state index in [1.807, 2.05) is 48.5 Å². The molecule has 0 aromatic heterocycles. The molecule has 0 bridgehead atoms. The van der Waals surface area contributed by atoms with Gasteiger partial charge in [0.1, 0.15) is 17.7 Å². The molecule has 1 aliphatic carbocycles. The number of aliphatic carboxylic acids is 1. The molecule has 3 N–H and O–H groups in total. The fourth-order valence-electron chi connectivity index (χ4n) is 4.84. The molecule has 3 aromatic rings. The molecule has 2 atom stereocenters. The number of esters is 1. The van der Waals surface area contributed by atoms with Crippen molar-refractivity contribution in [3.63, 3.8) is 0 Å². The van der Waals surface area contributed by atoms with E-state index in [2.05, 4.69) is 0 Å². The van der Waals surface area contributed by atoms with E-state index in [1.54, 1.807) is 45.0 Å². The molecule has 3 aromatic carbocycles. The first-order chi connectivity index (χ1) is 18.0. The Morgan fingerprint density at radius 1 is 0.921 bits per heavy atom. The molecular formula is C30H32N2O6. The smallest absolute Gasteiger partial charge is 0.411 e. The van der Waals surface area contributed by atoms with Gasteiger partial charge in [0, 0.05) is 6.42 Å². The van der Waals surface area contributed by atoms with Gasteiger partial charge in [-0.25, -0.2) is 14.4 Å². The summed E-state index contributed by atoms with van der Waals surface area (Å²) in [5.41, 5.74) is 10.2. The molecule has 198 valence electrons. The molecule has 0 heterocycles. The minimum Gasteiger partial charge on any atom is -0.480 e. The average molecular weight is 517 g/mol. The van der Waals surface area contributed by atoms with Crippen molar-refractivity contribution in [3.05, 3.63) is 95.1 Å². The number of amides is 1. The molecule has 1 aliphatic rings. The van der Waals surface area contributed by atoms with E-state index in [9.17, 15) is 19.5 Å². The van der Waals surface area contributed by atoms with Gasteiger partial charge in [-0.3, -0.25) is 4.90 Å². The van der Waals surface area contributed by atoms with Crippen LogP contribution in [0.1, 0.15) is 55.1 Å². The Labute approximate surface area is 222 Å². The van der Waals surface area contributed by atoms with Crippen LogP contribution in [0, 0.1) is 0 Å². The Morgan fingerprint density at radius 3 is 1.92 bits per heavy atom. The van der Waals surface area contributed by atoms with Crippen molar-refractivity contribution < 1.29 is 29.0 Å². The summed E-state index contributed by atoms with van der Waals surface area (Å²) in [6.07, 6.45) is -0.717. The number of carboxylic acid groups (broad SMARTS) is 1. The summed E-state index contributed by atoms with van der Waals surface area (Å²) in [5.74, 6) is -1.71. The lowest BCUT2D eigenvalue weighted by Crippen LogP contribution is -2.48. The molecule has 38 heavy (non-hydrogen) atoms. The zero-order chi connectivity index (χ0) is 27.6. The normalized spacial score (nSPS) is 14.1. The minimum absolute atomic E-state index is 0.0211. The van der Waals surface area contributed by atoms with E-state index in [0.29, 0.717) is 11.1 Å². The van der Waals surface area contributed by atoms with Gasteiger partial charge in [-0.15, -0.1) is 0 Å². The third kappa shape index (κ3) is 5.40. The van der Waals surface area contributed by atoms with Crippen LogP contribution < -0.4 is 5.73 Å². The van der Waals surface area contributed by atoms with Crippen LogP contribution in [-0.4, -0.2) is 46.8 Å². The number of benzene rings is 3. The number of carbonyl (C=O) groups is 3. The van der Waals surface area contributed by atoms with Crippen molar-refractivity contribution in [2.75, 3.05) is 7.11 Å². The molecule has 8 heteroatoms. The zero-order valence-electron chi connectivity index (χ0n) is 21.9. The summed E-state index contributed by atoms with van der Waals surface area (Å²) in [4.78, 5) is 39.4. The monoisotopic (exact) mass is 516 g/mol. The molecule has 4 rings (SSSR count). The molecule has 0 saturated carbocycles. The fourth-order valence-corrected chi connectivity index (χ4v) is 4.84. The predicted molar refractivity (Wildman–Crippen MR) is 142 cm³/mol. The molecule has 1 unspecified atom stereocenters. The summed E-state index contributed by atoms with van der Waals surface area (Å²) < 4.78 is 10.5. The van der Waals surface area contributed by atoms with E-state index in [-0.39, 0.29) is 6.42 Å². The number of methoxy groups -OCH3 is 1. The van der Waals surface area contributed by atoms with Crippen LogP contribution in [-0.2, 0) is 25.5 Å². The molecular weight excluding hydrogens is 484 g/mol. The molecule has 0 fully saturated rings. The molecule has 0 spiro atoms. The van der Waals surface area contributed by atoms with Gasteiger partial charge in [-0.1, -0.05) is 72.8 Å². The van der Waals surface area contributed by atoms with E-state index < -0.39 is 41.8 Å². The Kier molecular flexibility index (Phi) is 7.55. The van der Waals surface area contributed by atoms with E-state index in [0.717, 1.165) is 22.3 Å². The maximum Gasteiger partial charge on any atom is 0.411 e. The summed E-state index contributed by atoms with van der Waals surface area (Å²) >= 11 is 0. The maximum atomic E-state index is 13.2. The number of hydrogen-bond donors (Lipinski definition) is 2. The highest BCUT2D eigenvalue weighted by molar-refractivity contribution is 5.85.